The summed E-state index contributed by atoms with van der Waals surface area (Å²) in [5, 5.41) is 10.9. The second kappa shape index (κ2) is 7.25. The van der Waals surface area contributed by atoms with Gasteiger partial charge in [0.2, 0.25) is 5.12 Å². The molecule has 3 N–H and O–H groups in total. The van der Waals surface area contributed by atoms with E-state index in [2.05, 4.69) is 20.8 Å². The molecule has 0 aliphatic carbocycles. The monoisotopic (exact) mass is 403 g/mol. The van der Waals surface area contributed by atoms with E-state index in [9.17, 15) is 9.59 Å². The summed E-state index contributed by atoms with van der Waals surface area (Å²) in [6.07, 6.45) is 0. The summed E-state index contributed by atoms with van der Waals surface area (Å²) in [6.45, 7) is 9.52. The minimum absolute atomic E-state index is 0.0229. The van der Waals surface area contributed by atoms with Crippen LogP contribution in [0.25, 0.3) is 0 Å². The fraction of sp³-hybridized carbons (Fsp3) is 0.750. The van der Waals surface area contributed by atoms with Crippen LogP contribution in [0.2, 0.25) is 0 Å². The number of hydrogen-bond donors (Lipinski definition) is 2. The number of aliphatic imine (C=N–C) groups is 2. The van der Waals surface area contributed by atoms with Gasteiger partial charge in [-0.05, 0) is 20.8 Å². The molecule has 9 heteroatoms. The molecule has 25 heavy (non-hydrogen) atoms. The molecule has 0 fully saturated rings. The summed E-state index contributed by atoms with van der Waals surface area (Å²) in [6, 6.07) is 0. The molecule has 0 aromatic rings. The van der Waals surface area contributed by atoms with Gasteiger partial charge in [0.1, 0.15) is 16.6 Å². The van der Waals surface area contributed by atoms with E-state index in [1.165, 1.54) is 6.92 Å². The number of nitrogens with two attached hydrogens (primary N) is 1. The third kappa shape index (κ3) is 4.43. The Hall–Kier alpha value is -0.510. The van der Waals surface area contributed by atoms with Crippen LogP contribution in [0.3, 0.4) is 0 Å². The van der Waals surface area contributed by atoms with Crippen LogP contribution in [0.1, 0.15) is 34.6 Å². The molecular formula is C16H25N3O3S3. The molecule has 0 radical (unpaired) electrons. The van der Waals surface area contributed by atoms with Gasteiger partial charge < -0.3 is 10.8 Å². The van der Waals surface area contributed by atoms with E-state index in [1.807, 2.05) is 0 Å². The lowest BCUT2D eigenvalue weighted by molar-refractivity contribution is -0.141. The Bertz CT molecular complexity index is 648. The Kier molecular flexibility index (Phi) is 6.03. The zero-order chi connectivity index (χ0) is 19.0. The third-order valence-electron chi connectivity index (χ3n) is 4.08. The Morgan fingerprint density at radius 1 is 1.32 bits per heavy atom. The van der Waals surface area contributed by atoms with Crippen LogP contribution in [0.4, 0.5) is 0 Å². The quantitative estimate of drug-likeness (QED) is 0.702. The fourth-order valence-corrected chi connectivity index (χ4v) is 5.94. The molecule has 0 aromatic heterocycles. The van der Waals surface area contributed by atoms with Gasteiger partial charge in [0, 0.05) is 23.2 Å². The van der Waals surface area contributed by atoms with Crippen molar-refractivity contribution in [3.8, 4) is 0 Å². The van der Waals surface area contributed by atoms with Crippen molar-refractivity contribution in [1.82, 2.24) is 0 Å². The third-order valence-corrected chi connectivity index (χ3v) is 8.60. The van der Waals surface area contributed by atoms with Crippen molar-refractivity contribution in [2.75, 3.05) is 17.3 Å². The first kappa shape index (κ1) is 20.8. The molecule has 2 heterocycles. The van der Waals surface area contributed by atoms with Gasteiger partial charge in [-0.1, -0.05) is 25.6 Å². The minimum Gasteiger partial charge on any atom is -0.480 e. The average molecular weight is 404 g/mol. The van der Waals surface area contributed by atoms with Crippen LogP contribution in [-0.2, 0) is 9.59 Å². The zero-order valence-corrected chi connectivity index (χ0v) is 17.6. The topological polar surface area (TPSA) is 105 Å². The predicted octanol–water partition coefficient (Wildman–Crippen LogP) is 2.51. The second-order valence-corrected chi connectivity index (χ2v) is 10.4. The molecule has 0 spiro atoms. The largest absolute Gasteiger partial charge is 0.480 e. The van der Waals surface area contributed by atoms with Gasteiger partial charge in [-0.3, -0.25) is 19.6 Å². The molecule has 3 atom stereocenters. The summed E-state index contributed by atoms with van der Waals surface area (Å²) in [7, 11) is 0. The molecule has 6 nitrogen and oxygen atoms in total. The molecule has 0 amide bonds. The highest BCUT2D eigenvalue weighted by molar-refractivity contribution is 8.16. The molecular weight excluding hydrogens is 378 g/mol. The average Bonchev–Trinajstić information content (AvgIpc) is 3.10. The van der Waals surface area contributed by atoms with Crippen molar-refractivity contribution in [3.05, 3.63) is 0 Å². The highest BCUT2D eigenvalue weighted by Crippen LogP contribution is 2.41. The zero-order valence-electron chi connectivity index (χ0n) is 15.2. The fourth-order valence-electron chi connectivity index (χ4n) is 2.24. The van der Waals surface area contributed by atoms with Gasteiger partial charge in [-0.15, -0.1) is 23.5 Å². The Labute approximate surface area is 161 Å². The molecule has 2 rings (SSSR count). The number of carboxylic acids is 1. The summed E-state index contributed by atoms with van der Waals surface area (Å²) < 4.78 is 0. The number of thioether (sulfide) groups is 3. The van der Waals surface area contributed by atoms with E-state index in [0.717, 1.165) is 27.6 Å². The van der Waals surface area contributed by atoms with Gasteiger partial charge in [-0.25, -0.2) is 0 Å². The number of rotatable bonds is 6. The lowest BCUT2D eigenvalue weighted by atomic mass is 10.1. The van der Waals surface area contributed by atoms with Crippen molar-refractivity contribution in [2.24, 2.45) is 21.6 Å². The predicted molar refractivity (Wildman–Crippen MR) is 109 cm³/mol. The first-order chi connectivity index (χ1) is 11.4. The van der Waals surface area contributed by atoms with Crippen LogP contribution in [-0.4, -0.2) is 60.2 Å². The van der Waals surface area contributed by atoms with Gasteiger partial charge in [-0.2, -0.15) is 0 Å². The molecule has 0 saturated carbocycles. The van der Waals surface area contributed by atoms with Crippen LogP contribution < -0.4 is 5.73 Å². The molecule has 0 aromatic carbocycles. The molecule has 0 saturated heterocycles. The van der Waals surface area contributed by atoms with E-state index >= 15 is 0 Å². The lowest BCUT2D eigenvalue weighted by Crippen LogP contribution is -2.48. The number of carboxylic acid groups (broad SMARTS) is 1. The van der Waals surface area contributed by atoms with E-state index in [1.54, 1.807) is 30.4 Å². The maximum absolute atomic E-state index is 12.6. The summed E-state index contributed by atoms with van der Waals surface area (Å²) >= 11 is 4.28. The maximum Gasteiger partial charge on any atom is 0.324 e. The van der Waals surface area contributed by atoms with Crippen molar-refractivity contribution in [3.63, 3.8) is 0 Å². The van der Waals surface area contributed by atoms with E-state index < -0.39 is 17.0 Å². The van der Waals surface area contributed by atoms with Crippen LogP contribution in [0, 0.1) is 5.92 Å². The first-order valence-electron chi connectivity index (χ1n) is 8.05. The normalized spacial score (nSPS) is 31.6. The first-order valence-corrected chi connectivity index (χ1v) is 11.0. The van der Waals surface area contributed by atoms with Crippen molar-refractivity contribution >= 4 is 56.5 Å². The van der Waals surface area contributed by atoms with Gasteiger partial charge >= 0.3 is 5.97 Å². The highest BCUT2D eigenvalue weighted by Gasteiger charge is 2.46. The van der Waals surface area contributed by atoms with Crippen molar-refractivity contribution < 1.29 is 14.7 Å². The summed E-state index contributed by atoms with van der Waals surface area (Å²) in [4.78, 5) is 33.3. The minimum atomic E-state index is -1.43. The molecule has 2 aliphatic heterocycles. The van der Waals surface area contributed by atoms with Crippen molar-refractivity contribution in [2.45, 2.75) is 51.2 Å². The number of carbonyl (C=O) groups excluding carboxylic acids is 1. The SMILES string of the molecule is CC(C)C1=N[C@@](C)(C2=N[C@](C)(C(=O)SC[C@](C)(N)C(=O)O)CS2)CS1. The van der Waals surface area contributed by atoms with Crippen LogP contribution in [0.15, 0.2) is 9.98 Å². The van der Waals surface area contributed by atoms with E-state index in [0.29, 0.717) is 11.7 Å². The second-order valence-electron chi connectivity index (χ2n) is 7.45. The summed E-state index contributed by atoms with van der Waals surface area (Å²) in [5.74, 6) is 0.684. The van der Waals surface area contributed by atoms with Crippen LogP contribution in [0.5, 0.6) is 0 Å². The number of aliphatic carboxylic acids is 1. The Balaban J connectivity index is 2.11. The van der Waals surface area contributed by atoms with Gasteiger partial charge in [0.05, 0.1) is 10.1 Å². The standard InChI is InChI=1S/C16H25N3O3S3/c1-9(2)10-18-15(4,7-23-10)11-19-16(5,8-24-11)13(22)25-6-14(3,17)12(20)21/h9H,6-8,17H2,1-5H3,(H,20,21)/t14-,15+,16-/m0/s1. The Morgan fingerprint density at radius 3 is 2.48 bits per heavy atom. The van der Waals surface area contributed by atoms with Gasteiger partial charge in [0.25, 0.3) is 0 Å². The smallest absolute Gasteiger partial charge is 0.324 e. The molecule has 2 aliphatic rings. The highest BCUT2D eigenvalue weighted by atomic mass is 32.2. The van der Waals surface area contributed by atoms with Crippen LogP contribution >= 0.6 is 35.3 Å². The summed E-state index contributed by atoms with van der Waals surface area (Å²) in [5.41, 5.74) is 3.04. The molecule has 140 valence electrons. The lowest BCUT2D eigenvalue weighted by Gasteiger charge is -2.22. The van der Waals surface area contributed by atoms with E-state index in [-0.39, 0.29) is 16.4 Å². The number of nitrogens with zero attached hydrogens (tertiary/aromatic N) is 2. The maximum atomic E-state index is 12.6. The number of carbonyl (C=O) groups is 2. The van der Waals surface area contributed by atoms with Gasteiger partial charge in [0.15, 0.2) is 0 Å². The molecule has 0 unspecified atom stereocenters. The molecule has 0 bridgehead atoms. The van der Waals surface area contributed by atoms with E-state index in [4.69, 9.17) is 20.8 Å². The number of hydrogen-bond acceptors (Lipinski definition) is 8. The Morgan fingerprint density at radius 2 is 1.96 bits per heavy atom. The van der Waals surface area contributed by atoms with Crippen molar-refractivity contribution in [1.29, 1.82) is 0 Å².